The fraction of sp³-hybridized carbons (Fsp3) is 0.278. The number of hydrogen-bond acceptors (Lipinski definition) is 4. The van der Waals surface area contributed by atoms with E-state index in [9.17, 15) is 14.4 Å². The summed E-state index contributed by atoms with van der Waals surface area (Å²) in [6.07, 6.45) is 3.58. The van der Waals surface area contributed by atoms with Crippen LogP contribution >= 0.6 is 22.6 Å². The molecule has 0 heterocycles. The van der Waals surface area contributed by atoms with Crippen molar-refractivity contribution in [2.24, 2.45) is 0 Å². The van der Waals surface area contributed by atoms with E-state index in [4.69, 9.17) is 4.74 Å². The number of carbonyl (C=O) groups excluding carboxylic acids is 3. The summed E-state index contributed by atoms with van der Waals surface area (Å²) in [5.41, 5.74) is 0.617. The highest BCUT2D eigenvalue weighted by Gasteiger charge is 2.21. The third-order valence-electron chi connectivity index (χ3n) is 3.10. The molecule has 128 valence electrons. The second kappa shape index (κ2) is 10.7. The van der Waals surface area contributed by atoms with Gasteiger partial charge in [-0.05, 0) is 19.4 Å². The van der Waals surface area contributed by atoms with E-state index in [-0.39, 0.29) is 35.0 Å². The number of amides is 1. The number of alkyl halides is 1. The van der Waals surface area contributed by atoms with Crippen LogP contribution in [-0.4, -0.2) is 40.1 Å². The average molecular weight is 441 g/mol. The molecular weight excluding hydrogens is 421 g/mol. The van der Waals surface area contributed by atoms with Crippen molar-refractivity contribution >= 4 is 40.3 Å². The van der Waals surface area contributed by atoms with Crippen LogP contribution in [0.3, 0.4) is 0 Å². The minimum Gasteiger partial charge on any atom is -0.461 e. The summed E-state index contributed by atoms with van der Waals surface area (Å²) in [7, 11) is 0. The highest BCUT2D eigenvalue weighted by molar-refractivity contribution is 14.1. The summed E-state index contributed by atoms with van der Waals surface area (Å²) in [6, 6.07) is 8.91. The van der Waals surface area contributed by atoms with Gasteiger partial charge in [-0.2, -0.15) is 0 Å². The number of nitrogens with zero attached hydrogens (tertiary/aromatic N) is 1. The molecule has 6 heteroatoms. The van der Waals surface area contributed by atoms with E-state index in [1.54, 1.807) is 37.3 Å². The Kier molecular flexibility index (Phi) is 8.99. The van der Waals surface area contributed by atoms with Gasteiger partial charge in [0, 0.05) is 12.1 Å². The first-order valence-electron chi connectivity index (χ1n) is 7.49. The molecule has 1 amide bonds. The van der Waals surface area contributed by atoms with Crippen LogP contribution in [0.4, 0.5) is 0 Å². The lowest BCUT2D eigenvalue weighted by Crippen LogP contribution is -2.35. The van der Waals surface area contributed by atoms with Crippen molar-refractivity contribution in [2.75, 3.05) is 17.6 Å². The van der Waals surface area contributed by atoms with Crippen LogP contribution in [0.25, 0.3) is 0 Å². The van der Waals surface area contributed by atoms with Crippen LogP contribution in [0.1, 0.15) is 23.7 Å². The predicted molar refractivity (Wildman–Crippen MR) is 101 cm³/mol. The van der Waals surface area contributed by atoms with Crippen molar-refractivity contribution < 1.29 is 19.1 Å². The first kappa shape index (κ1) is 20.1. The number of ether oxygens (including phenoxy) is 1. The first-order chi connectivity index (χ1) is 11.5. The SMILES string of the molecule is C=C(C(=O)OCC)N(CC/C=C/C(=O)c1ccccc1)C(=O)CI. The molecule has 0 atom stereocenters. The van der Waals surface area contributed by atoms with Crippen LogP contribution < -0.4 is 0 Å². The number of halogens is 1. The molecular formula is C18H20INO4. The molecule has 24 heavy (non-hydrogen) atoms. The topological polar surface area (TPSA) is 63.7 Å². The summed E-state index contributed by atoms with van der Waals surface area (Å²) in [4.78, 5) is 37.0. The van der Waals surface area contributed by atoms with Crippen molar-refractivity contribution in [1.82, 2.24) is 4.90 Å². The number of rotatable bonds is 9. The monoisotopic (exact) mass is 441 g/mol. The highest BCUT2D eigenvalue weighted by Crippen LogP contribution is 2.09. The molecule has 0 radical (unpaired) electrons. The molecule has 0 saturated heterocycles. The Morgan fingerprint density at radius 2 is 1.92 bits per heavy atom. The zero-order chi connectivity index (χ0) is 17.9. The van der Waals surface area contributed by atoms with Gasteiger partial charge in [-0.3, -0.25) is 9.59 Å². The highest BCUT2D eigenvalue weighted by atomic mass is 127. The van der Waals surface area contributed by atoms with Gasteiger partial charge in [-0.1, -0.05) is 65.6 Å². The lowest BCUT2D eigenvalue weighted by atomic mass is 10.1. The summed E-state index contributed by atoms with van der Waals surface area (Å²) in [5.74, 6) is -0.942. The quantitative estimate of drug-likeness (QED) is 0.194. The molecule has 1 aromatic carbocycles. The molecule has 0 spiro atoms. The number of hydrogen-bond donors (Lipinski definition) is 0. The second-order valence-electron chi connectivity index (χ2n) is 4.77. The Balaban J connectivity index is 2.64. The molecule has 0 aliphatic heterocycles. The summed E-state index contributed by atoms with van der Waals surface area (Å²) in [6.45, 7) is 5.81. The van der Waals surface area contributed by atoms with E-state index >= 15 is 0 Å². The number of allylic oxidation sites excluding steroid dienone is 1. The van der Waals surface area contributed by atoms with Crippen LogP contribution in [0, 0.1) is 0 Å². The van der Waals surface area contributed by atoms with Gasteiger partial charge in [0.2, 0.25) is 5.91 Å². The van der Waals surface area contributed by atoms with Gasteiger partial charge in [0.15, 0.2) is 5.78 Å². The van der Waals surface area contributed by atoms with E-state index in [1.165, 1.54) is 11.0 Å². The van der Waals surface area contributed by atoms with Crippen molar-refractivity contribution in [3.05, 3.63) is 60.3 Å². The van der Waals surface area contributed by atoms with Crippen LogP contribution in [0.2, 0.25) is 0 Å². The lowest BCUT2D eigenvalue weighted by molar-refractivity contribution is -0.143. The van der Waals surface area contributed by atoms with Gasteiger partial charge < -0.3 is 9.64 Å². The molecule has 0 aliphatic carbocycles. The van der Waals surface area contributed by atoms with Crippen molar-refractivity contribution in [2.45, 2.75) is 13.3 Å². The predicted octanol–water partition coefficient (Wildman–Crippen LogP) is 3.16. The standard InChI is InChI=1S/C18H20INO4/c1-3-24-18(23)14(2)20(17(22)13-19)12-8-7-11-16(21)15-9-5-4-6-10-15/h4-7,9-11H,2-3,8,12-13H2,1H3/b11-7+. The van der Waals surface area contributed by atoms with Gasteiger partial charge in [0.1, 0.15) is 5.70 Å². The Morgan fingerprint density at radius 3 is 2.50 bits per heavy atom. The van der Waals surface area contributed by atoms with Crippen LogP contribution in [0.5, 0.6) is 0 Å². The van der Waals surface area contributed by atoms with Crippen molar-refractivity contribution in [1.29, 1.82) is 0 Å². The summed E-state index contributed by atoms with van der Waals surface area (Å²) >= 11 is 1.93. The van der Waals surface area contributed by atoms with Gasteiger partial charge in [0.05, 0.1) is 11.0 Å². The number of benzene rings is 1. The molecule has 0 aliphatic rings. The third kappa shape index (κ3) is 6.27. The number of ketones is 1. The normalized spacial score (nSPS) is 10.4. The molecule has 0 N–H and O–H groups in total. The summed E-state index contributed by atoms with van der Waals surface area (Å²) in [5, 5.41) is 0. The maximum atomic E-state index is 12.0. The molecule has 0 aromatic heterocycles. The Hall–Kier alpha value is -1.96. The smallest absolute Gasteiger partial charge is 0.354 e. The molecule has 0 unspecified atom stereocenters. The van der Waals surface area contributed by atoms with Crippen molar-refractivity contribution in [3.63, 3.8) is 0 Å². The van der Waals surface area contributed by atoms with Crippen LogP contribution in [-0.2, 0) is 14.3 Å². The first-order valence-corrected chi connectivity index (χ1v) is 9.02. The fourth-order valence-corrected chi connectivity index (χ4v) is 2.31. The van der Waals surface area contributed by atoms with E-state index in [0.717, 1.165) is 0 Å². The fourth-order valence-electron chi connectivity index (χ4n) is 1.90. The van der Waals surface area contributed by atoms with E-state index in [1.807, 2.05) is 28.7 Å². The minimum atomic E-state index is -0.611. The number of carbonyl (C=O) groups is 3. The third-order valence-corrected chi connectivity index (χ3v) is 3.75. The molecule has 1 aromatic rings. The maximum Gasteiger partial charge on any atom is 0.354 e. The van der Waals surface area contributed by atoms with Gasteiger partial charge >= 0.3 is 5.97 Å². The van der Waals surface area contributed by atoms with Gasteiger partial charge in [-0.25, -0.2) is 4.79 Å². The zero-order valence-electron chi connectivity index (χ0n) is 13.5. The van der Waals surface area contributed by atoms with E-state index in [0.29, 0.717) is 12.0 Å². The molecule has 5 nitrogen and oxygen atoms in total. The Morgan fingerprint density at radius 1 is 1.25 bits per heavy atom. The largest absolute Gasteiger partial charge is 0.461 e. The van der Waals surface area contributed by atoms with Crippen molar-refractivity contribution in [3.8, 4) is 0 Å². The molecule has 1 rings (SSSR count). The minimum absolute atomic E-state index is 0.0151. The van der Waals surface area contributed by atoms with Crippen LogP contribution in [0.15, 0.2) is 54.8 Å². The average Bonchev–Trinajstić information content (AvgIpc) is 2.61. The Labute approximate surface area is 155 Å². The molecule has 0 bridgehead atoms. The lowest BCUT2D eigenvalue weighted by Gasteiger charge is -2.22. The number of esters is 1. The molecule has 0 fully saturated rings. The Bertz CT molecular complexity index is 625. The van der Waals surface area contributed by atoms with E-state index in [2.05, 4.69) is 6.58 Å². The second-order valence-corrected chi connectivity index (χ2v) is 5.53. The molecule has 0 saturated carbocycles. The van der Waals surface area contributed by atoms with E-state index < -0.39 is 5.97 Å². The zero-order valence-corrected chi connectivity index (χ0v) is 15.7. The maximum absolute atomic E-state index is 12.0. The summed E-state index contributed by atoms with van der Waals surface area (Å²) < 4.78 is 5.10. The van der Waals surface area contributed by atoms with Gasteiger partial charge in [-0.15, -0.1) is 0 Å². The van der Waals surface area contributed by atoms with Gasteiger partial charge in [0.25, 0.3) is 0 Å².